The van der Waals surface area contributed by atoms with E-state index in [2.05, 4.69) is 15.4 Å². The Morgan fingerprint density at radius 2 is 2.17 bits per heavy atom. The van der Waals surface area contributed by atoms with Crippen molar-refractivity contribution >= 4 is 23.7 Å². The maximum absolute atomic E-state index is 12.4. The predicted octanol–water partition coefficient (Wildman–Crippen LogP) is 2.47. The number of rotatable bonds is 4. The molecule has 1 N–H and O–H groups in total. The van der Waals surface area contributed by atoms with E-state index >= 15 is 0 Å². The van der Waals surface area contributed by atoms with Crippen LogP contribution in [-0.2, 0) is 9.53 Å². The second-order valence-electron chi connectivity index (χ2n) is 5.20. The van der Waals surface area contributed by atoms with Crippen LogP contribution < -0.4 is 10.1 Å². The average Bonchev–Trinajstić information content (AvgIpc) is 3.02. The third-order valence-electron chi connectivity index (χ3n) is 3.83. The summed E-state index contributed by atoms with van der Waals surface area (Å²) >= 11 is 1.44. The van der Waals surface area contributed by atoms with E-state index in [0.29, 0.717) is 28.1 Å². The Labute approximate surface area is 144 Å². The van der Waals surface area contributed by atoms with Crippen LogP contribution in [0.3, 0.4) is 0 Å². The van der Waals surface area contributed by atoms with Crippen LogP contribution in [0.15, 0.2) is 40.7 Å². The van der Waals surface area contributed by atoms with Crippen molar-refractivity contribution in [1.29, 1.82) is 0 Å². The van der Waals surface area contributed by atoms with Crippen molar-refractivity contribution in [1.82, 2.24) is 14.8 Å². The Kier molecular flexibility index (Phi) is 4.48. The number of benzene rings is 1. The van der Waals surface area contributed by atoms with Gasteiger partial charge in [-0.3, -0.25) is 0 Å². The van der Waals surface area contributed by atoms with Gasteiger partial charge in [-0.1, -0.05) is 23.9 Å². The molecule has 1 aromatic carbocycles. The molecule has 2 aromatic rings. The van der Waals surface area contributed by atoms with Gasteiger partial charge in [0.25, 0.3) is 0 Å². The van der Waals surface area contributed by atoms with Gasteiger partial charge in [-0.2, -0.15) is 4.98 Å². The van der Waals surface area contributed by atoms with Crippen molar-refractivity contribution in [2.75, 3.05) is 25.8 Å². The van der Waals surface area contributed by atoms with Crippen LogP contribution in [0.25, 0.3) is 0 Å². The summed E-state index contributed by atoms with van der Waals surface area (Å²) in [5.74, 6) is 0.900. The molecule has 7 nitrogen and oxygen atoms in total. The van der Waals surface area contributed by atoms with E-state index in [1.807, 2.05) is 37.4 Å². The van der Waals surface area contributed by atoms with E-state index < -0.39 is 12.0 Å². The minimum absolute atomic E-state index is 0.403. The lowest BCUT2D eigenvalue weighted by Crippen LogP contribution is -2.29. The van der Waals surface area contributed by atoms with Crippen LogP contribution >= 0.6 is 11.8 Å². The molecule has 2 heterocycles. The number of esters is 1. The van der Waals surface area contributed by atoms with E-state index in [4.69, 9.17) is 9.47 Å². The molecule has 24 heavy (non-hydrogen) atoms. The van der Waals surface area contributed by atoms with Crippen molar-refractivity contribution in [2.24, 2.45) is 0 Å². The number of ether oxygens (including phenoxy) is 2. The Hall–Kier alpha value is -2.48. The third kappa shape index (κ3) is 2.73. The summed E-state index contributed by atoms with van der Waals surface area (Å²) in [6.45, 7) is 1.83. The summed E-state index contributed by atoms with van der Waals surface area (Å²) in [5, 5.41) is 8.27. The molecule has 3 rings (SSSR count). The monoisotopic (exact) mass is 346 g/mol. The summed E-state index contributed by atoms with van der Waals surface area (Å²) in [7, 11) is 2.98. The standard InChI is InChI=1S/C16H18N4O3S/c1-9-12(14(21)23-3)13(10-6-5-7-11(8-10)22-2)20-15(17-9)18-16(19-20)24-4/h5-8,13H,1-4H3,(H,17,18,19)/t13-/m1/s1. The van der Waals surface area contributed by atoms with Crippen LogP contribution in [0.4, 0.5) is 5.95 Å². The van der Waals surface area contributed by atoms with Crippen molar-refractivity contribution in [3.05, 3.63) is 41.1 Å². The summed E-state index contributed by atoms with van der Waals surface area (Å²) < 4.78 is 12.0. The number of nitrogens with one attached hydrogen (secondary N) is 1. The summed E-state index contributed by atoms with van der Waals surface area (Å²) in [5.41, 5.74) is 2.06. The van der Waals surface area contributed by atoms with E-state index in [1.54, 1.807) is 11.8 Å². The zero-order valence-electron chi connectivity index (χ0n) is 13.9. The quantitative estimate of drug-likeness (QED) is 0.673. The Morgan fingerprint density at radius 1 is 1.38 bits per heavy atom. The lowest BCUT2D eigenvalue weighted by molar-refractivity contribution is -0.136. The van der Waals surface area contributed by atoms with Crippen LogP contribution in [0.2, 0.25) is 0 Å². The first kappa shape index (κ1) is 16.4. The highest BCUT2D eigenvalue weighted by molar-refractivity contribution is 7.98. The molecule has 1 atom stereocenters. The number of hydrogen-bond donors (Lipinski definition) is 1. The zero-order chi connectivity index (χ0) is 17.3. The highest BCUT2D eigenvalue weighted by Crippen LogP contribution is 2.37. The maximum atomic E-state index is 12.4. The first-order valence-electron chi connectivity index (χ1n) is 7.29. The van der Waals surface area contributed by atoms with E-state index in [9.17, 15) is 4.79 Å². The van der Waals surface area contributed by atoms with Gasteiger partial charge in [0.05, 0.1) is 19.8 Å². The molecule has 8 heteroatoms. The smallest absolute Gasteiger partial charge is 0.338 e. The first-order chi connectivity index (χ1) is 11.6. The number of aromatic nitrogens is 3. The van der Waals surface area contributed by atoms with Crippen molar-refractivity contribution in [3.63, 3.8) is 0 Å². The molecule has 0 unspecified atom stereocenters. The number of anilines is 1. The largest absolute Gasteiger partial charge is 0.497 e. The number of fused-ring (bicyclic) bond motifs is 1. The topological polar surface area (TPSA) is 78.3 Å². The third-order valence-corrected chi connectivity index (χ3v) is 4.37. The number of carbonyl (C=O) groups is 1. The van der Waals surface area contributed by atoms with Gasteiger partial charge < -0.3 is 14.8 Å². The van der Waals surface area contributed by atoms with Gasteiger partial charge in [0.2, 0.25) is 11.1 Å². The molecule has 0 radical (unpaired) electrons. The fourth-order valence-electron chi connectivity index (χ4n) is 2.71. The summed E-state index contributed by atoms with van der Waals surface area (Å²) in [6.07, 6.45) is 1.91. The van der Waals surface area contributed by atoms with Gasteiger partial charge in [0.15, 0.2) is 0 Å². The maximum Gasteiger partial charge on any atom is 0.338 e. The molecule has 0 bridgehead atoms. The van der Waals surface area contributed by atoms with Crippen molar-refractivity contribution in [3.8, 4) is 5.75 Å². The molecule has 0 saturated carbocycles. The van der Waals surface area contributed by atoms with E-state index in [1.165, 1.54) is 18.9 Å². The van der Waals surface area contributed by atoms with E-state index in [0.717, 1.165) is 5.56 Å². The fourth-order valence-corrected chi connectivity index (χ4v) is 3.06. The number of methoxy groups -OCH3 is 2. The minimum Gasteiger partial charge on any atom is -0.497 e. The van der Waals surface area contributed by atoms with E-state index in [-0.39, 0.29) is 0 Å². The Bertz CT molecular complexity index is 815. The van der Waals surface area contributed by atoms with Crippen LogP contribution in [0.5, 0.6) is 5.75 Å². The average molecular weight is 346 g/mol. The molecule has 1 aliphatic heterocycles. The molecule has 0 saturated heterocycles. The highest BCUT2D eigenvalue weighted by atomic mass is 32.2. The summed E-state index contributed by atoms with van der Waals surface area (Å²) in [4.78, 5) is 16.8. The second-order valence-corrected chi connectivity index (χ2v) is 5.97. The van der Waals surface area contributed by atoms with Crippen LogP contribution in [0.1, 0.15) is 18.5 Å². The van der Waals surface area contributed by atoms with Crippen molar-refractivity contribution < 1.29 is 14.3 Å². The van der Waals surface area contributed by atoms with Gasteiger partial charge in [0.1, 0.15) is 11.8 Å². The molecule has 0 fully saturated rings. The minimum atomic E-state index is -0.433. The van der Waals surface area contributed by atoms with Gasteiger partial charge in [-0.15, -0.1) is 5.10 Å². The molecule has 0 amide bonds. The zero-order valence-corrected chi connectivity index (χ0v) is 14.7. The summed E-state index contributed by atoms with van der Waals surface area (Å²) in [6, 6.07) is 7.12. The van der Waals surface area contributed by atoms with Gasteiger partial charge in [-0.05, 0) is 30.9 Å². The van der Waals surface area contributed by atoms with Gasteiger partial charge in [0, 0.05) is 5.70 Å². The lowest BCUT2D eigenvalue weighted by atomic mass is 9.95. The first-order valence-corrected chi connectivity index (χ1v) is 8.52. The molecular weight excluding hydrogens is 328 g/mol. The molecular formula is C16H18N4O3S. The number of allylic oxidation sites excluding steroid dienone is 1. The molecule has 126 valence electrons. The molecule has 0 aliphatic carbocycles. The fraction of sp³-hybridized carbons (Fsp3) is 0.312. The van der Waals surface area contributed by atoms with Gasteiger partial charge >= 0.3 is 5.97 Å². The molecule has 1 aromatic heterocycles. The molecule has 0 spiro atoms. The second kappa shape index (κ2) is 6.56. The van der Waals surface area contributed by atoms with Crippen LogP contribution in [-0.4, -0.2) is 41.2 Å². The number of thioether (sulfide) groups is 1. The Morgan fingerprint density at radius 3 is 2.83 bits per heavy atom. The SMILES string of the molecule is COC(=O)C1=C(C)Nc2nc(SC)nn2[C@@H]1c1cccc(OC)c1. The van der Waals surface area contributed by atoms with Crippen molar-refractivity contribution in [2.45, 2.75) is 18.1 Å². The molecule has 1 aliphatic rings. The number of carbonyl (C=O) groups excluding carboxylic acids is 1. The normalized spacial score (nSPS) is 16.4. The lowest BCUT2D eigenvalue weighted by Gasteiger charge is -2.28. The van der Waals surface area contributed by atoms with Crippen LogP contribution in [0, 0.1) is 0 Å². The number of nitrogens with zero attached hydrogens (tertiary/aromatic N) is 3. The van der Waals surface area contributed by atoms with Gasteiger partial charge in [-0.25, -0.2) is 9.48 Å². The number of hydrogen-bond acceptors (Lipinski definition) is 7. The Balaban J connectivity index is 2.19. The highest BCUT2D eigenvalue weighted by Gasteiger charge is 2.35. The predicted molar refractivity (Wildman–Crippen MR) is 91.3 cm³/mol.